The van der Waals surface area contributed by atoms with Gasteiger partial charge in [-0.1, -0.05) is 12.1 Å². The number of amides is 2. The number of terminal acetylenes is 1. The van der Waals surface area contributed by atoms with Crippen molar-refractivity contribution in [3.8, 4) is 12.3 Å². The number of anilines is 2. The van der Waals surface area contributed by atoms with Gasteiger partial charge in [0.15, 0.2) is 0 Å². The summed E-state index contributed by atoms with van der Waals surface area (Å²) < 4.78 is 0. The molecule has 1 aliphatic rings. The first-order valence-corrected chi connectivity index (χ1v) is 5.75. The number of hydrogen-bond acceptors (Lipinski definition) is 2. The molecule has 1 aliphatic heterocycles. The van der Waals surface area contributed by atoms with E-state index in [4.69, 9.17) is 6.42 Å². The second kappa shape index (κ2) is 4.92. The van der Waals surface area contributed by atoms with E-state index >= 15 is 0 Å². The molecule has 1 unspecified atom stereocenters. The monoisotopic (exact) mass is 242 g/mol. The fourth-order valence-corrected chi connectivity index (χ4v) is 2.06. The lowest BCUT2D eigenvalue weighted by molar-refractivity contribution is -0.117. The van der Waals surface area contributed by atoms with E-state index < -0.39 is 0 Å². The van der Waals surface area contributed by atoms with Crippen LogP contribution < -0.4 is 10.2 Å². The normalized spacial score (nSPS) is 18.6. The number of para-hydroxylation sites is 2. The number of nitrogens with zero attached hydrogens (tertiary/aromatic N) is 1. The molecule has 1 aromatic carbocycles. The number of benzene rings is 1. The van der Waals surface area contributed by atoms with Crippen molar-refractivity contribution in [3.63, 3.8) is 0 Å². The number of rotatable bonds is 2. The minimum atomic E-state index is -0.164. The summed E-state index contributed by atoms with van der Waals surface area (Å²) in [6, 6.07) is 7.22. The third-order valence-electron chi connectivity index (χ3n) is 2.87. The van der Waals surface area contributed by atoms with Gasteiger partial charge in [0.25, 0.3) is 0 Å². The van der Waals surface area contributed by atoms with Crippen LogP contribution in [-0.4, -0.2) is 18.4 Å². The fraction of sp³-hybridized carbons (Fsp3) is 0.286. The molecule has 0 saturated carbocycles. The van der Waals surface area contributed by atoms with Crippen LogP contribution in [0.3, 0.4) is 0 Å². The lowest BCUT2D eigenvalue weighted by Gasteiger charge is -2.19. The molecule has 0 spiro atoms. The van der Waals surface area contributed by atoms with Gasteiger partial charge in [0, 0.05) is 25.8 Å². The number of carbonyl (C=O) groups excluding carboxylic acids is 2. The highest BCUT2D eigenvalue weighted by molar-refractivity contribution is 6.02. The van der Waals surface area contributed by atoms with E-state index in [1.54, 1.807) is 11.0 Å². The molecule has 1 N–H and O–H groups in total. The largest absolute Gasteiger partial charge is 0.325 e. The van der Waals surface area contributed by atoms with Crippen molar-refractivity contribution in [3.05, 3.63) is 24.3 Å². The molecule has 2 amide bonds. The Kier molecular flexibility index (Phi) is 3.33. The summed E-state index contributed by atoms with van der Waals surface area (Å²) in [7, 11) is 0. The van der Waals surface area contributed by atoms with Gasteiger partial charge in [0.2, 0.25) is 11.8 Å². The predicted octanol–water partition coefficient (Wildman–Crippen LogP) is 1.63. The highest BCUT2D eigenvalue weighted by Gasteiger charge is 2.30. The highest BCUT2D eigenvalue weighted by atomic mass is 16.2. The van der Waals surface area contributed by atoms with Crippen LogP contribution in [0.2, 0.25) is 0 Å². The van der Waals surface area contributed by atoms with Gasteiger partial charge in [0.05, 0.1) is 11.4 Å². The quantitative estimate of drug-likeness (QED) is 0.801. The zero-order chi connectivity index (χ0) is 13.1. The van der Waals surface area contributed by atoms with Gasteiger partial charge >= 0.3 is 0 Å². The van der Waals surface area contributed by atoms with Gasteiger partial charge in [-0.25, -0.2) is 0 Å². The van der Waals surface area contributed by atoms with Crippen LogP contribution in [0.1, 0.15) is 13.3 Å². The Morgan fingerprint density at radius 3 is 2.83 bits per heavy atom. The summed E-state index contributed by atoms with van der Waals surface area (Å²) in [6.45, 7) is 1.94. The molecule has 1 atom stereocenters. The van der Waals surface area contributed by atoms with E-state index in [9.17, 15) is 9.59 Å². The average molecular weight is 242 g/mol. The maximum absolute atomic E-state index is 11.9. The average Bonchev–Trinajstić information content (AvgIpc) is 2.70. The van der Waals surface area contributed by atoms with E-state index in [0.717, 1.165) is 0 Å². The Morgan fingerprint density at radius 1 is 1.50 bits per heavy atom. The molecule has 1 aromatic rings. The summed E-state index contributed by atoms with van der Waals surface area (Å²) in [5, 5.41) is 2.72. The molecule has 4 nitrogen and oxygen atoms in total. The van der Waals surface area contributed by atoms with Gasteiger partial charge in [0.1, 0.15) is 0 Å². The van der Waals surface area contributed by atoms with E-state index in [-0.39, 0.29) is 17.7 Å². The molecule has 92 valence electrons. The van der Waals surface area contributed by atoms with Gasteiger partial charge in [-0.15, -0.1) is 12.3 Å². The summed E-state index contributed by atoms with van der Waals surface area (Å²) >= 11 is 0. The van der Waals surface area contributed by atoms with Gasteiger partial charge < -0.3 is 10.2 Å². The maximum Gasteiger partial charge on any atom is 0.228 e. The van der Waals surface area contributed by atoms with E-state index in [0.29, 0.717) is 24.3 Å². The number of hydrogen-bond donors (Lipinski definition) is 1. The van der Waals surface area contributed by atoms with E-state index in [1.807, 2.05) is 18.2 Å². The smallest absolute Gasteiger partial charge is 0.228 e. The Balaban J connectivity index is 2.31. The summed E-state index contributed by atoms with van der Waals surface area (Å²) in [6.07, 6.45) is 5.72. The minimum Gasteiger partial charge on any atom is -0.325 e. The van der Waals surface area contributed by atoms with Crippen molar-refractivity contribution < 1.29 is 9.59 Å². The van der Waals surface area contributed by atoms with Crippen molar-refractivity contribution in [2.75, 3.05) is 16.8 Å². The first-order chi connectivity index (χ1) is 8.61. The van der Waals surface area contributed by atoms with E-state index in [2.05, 4.69) is 11.2 Å². The molecule has 0 aliphatic carbocycles. The molecular formula is C14H14N2O2. The third-order valence-corrected chi connectivity index (χ3v) is 2.87. The van der Waals surface area contributed by atoms with Crippen LogP contribution in [0, 0.1) is 18.3 Å². The van der Waals surface area contributed by atoms with Crippen LogP contribution in [0.5, 0.6) is 0 Å². The molecule has 4 heteroatoms. The molecule has 0 aromatic heterocycles. The van der Waals surface area contributed by atoms with Crippen LogP contribution in [0.15, 0.2) is 24.3 Å². The van der Waals surface area contributed by atoms with Crippen molar-refractivity contribution in [2.24, 2.45) is 5.92 Å². The zero-order valence-corrected chi connectivity index (χ0v) is 10.1. The maximum atomic E-state index is 11.9. The molecule has 18 heavy (non-hydrogen) atoms. The standard InChI is InChI=1S/C14H14N2O2/c1-3-11-8-14(18)16(9-11)13-7-5-4-6-12(13)15-10(2)17/h1,4-7,11H,8-9H2,2H3,(H,15,17). The Labute approximate surface area is 106 Å². The molecule has 1 heterocycles. The SMILES string of the molecule is C#CC1CC(=O)N(c2ccccc2NC(C)=O)C1. The van der Waals surface area contributed by atoms with Gasteiger partial charge in [-0.2, -0.15) is 0 Å². The molecule has 0 bridgehead atoms. The first kappa shape index (κ1) is 12.2. The van der Waals surface area contributed by atoms with Crippen LogP contribution in [-0.2, 0) is 9.59 Å². The predicted molar refractivity (Wildman–Crippen MR) is 70.0 cm³/mol. The van der Waals surface area contributed by atoms with Gasteiger partial charge in [-0.3, -0.25) is 9.59 Å². The third kappa shape index (κ3) is 2.35. The minimum absolute atomic E-state index is 0.00393. The van der Waals surface area contributed by atoms with Crippen LogP contribution in [0.25, 0.3) is 0 Å². The van der Waals surface area contributed by atoms with Gasteiger partial charge in [-0.05, 0) is 12.1 Å². The van der Waals surface area contributed by atoms with Crippen molar-refractivity contribution in [1.82, 2.24) is 0 Å². The highest BCUT2D eigenvalue weighted by Crippen LogP contribution is 2.31. The number of nitrogens with one attached hydrogen (secondary N) is 1. The second-order valence-electron chi connectivity index (χ2n) is 4.27. The van der Waals surface area contributed by atoms with Crippen molar-refractivity contribution in [1.29, 1.82) is 0 Å². The topological polar surface area (TPSA) is 49.4 Å². The Hall–Kier alpha value is -2.28. The number of carbonyl (C=O) groups is 2. The van der Waals surface area contributed by atoms with Crippen molar-refractivity contribution in [2.45, 2.75) is 13.3 Å². The second-order valence-corrected chi connectivity index (χ2v) is 4.27. The molecule has 0 radical (unpaired) electrons. The van der Waals surface area contributed by atoms with E-state index in [1.165, 1.54) is 6.92 Å². The van der Waals surface area contributed by atoms with Crippen LogP contribution >= 0.6 is 0 Å². The Morgan fingerprint density at radius 2 is 2.22 bits per heavy atom. The van der Waals surface area contributed by atoms with Crippen LogP contribution in [0.4, 0.5) is 11.4 Å². The lowest BCUT2D eigenvalue weighted by Crippen LogP contribution is -2.25. The fourth-order valence-electron chi connectivity index (χ4n) is 2.06. The molecule has 1 fully saturated rings. The zero-order valence-electron chi connectivity index (χ0n) is 10.1. The summed E-state index contributed by atoms with van der Waals surface area (Å²) in [4.78, 5) is 24.7. The Bertz CT molecular complexity index is 531. The molecule has 1 saturated heterocycles. The van der Waals surface area contributed by atoms with Crippen molar-refractivity contribution >= 4 is 23.2 Å². The lowest BCUT2D eigenvalue weighted by atomic mass is 10.1. The first-order valence-electron chi connectivity index (χ1n) is 5.75. The molecule has 2 rings (SSSR count). The summed E-state index contributed by atoms with van der Waals surface area (Å²) in [5.74, 6) is 2.38. The summed E-state index contributed by atoms with van der Waals surface area (Å²) in [5.41, 5.74) is 1.34. The molecular weight excluding hydrogens is 228 g/mol.